The van der Waals surface area contributed by atoms with Gasteiger partial charge >= 0.3 is 12.1 Å². The van der Waals surface area contributed by atoms with Gasteiger partial charge in [-0.2, -0.15) is 13.2 Å². The summed E-state index contributed by atoms with van der Waals surface area (Å²) >= 11 is 0. The molecule has 0 aliphatic carbocycles. The van der Waals surface area contributed by atoms with Gasteiger partial charge in [-0.05, 0) is 36.6 Å². The molecular formula is C31H40F3N5O7S. The maximum Gasteiger partial charge on any atom is 0.422 e. The Bertz CT molecular complexity index is 1400. The van der Waals surface area contributed by atoms with Crippen molar-refractivity contribution in [3.05, 3.63) is 65.7 Å². The number of ether oxygens (including phenoxy) is 1. The van der Waals surface area contributed by atoms with Crippen LogP contribution in [0.2, 0.25) is 0 Å². The van der Waals surface area contributed by atoms with Crippen LogP contribution in [0.1, 0.15) is 30.9 Å². The van der Waals surface area contributed by atoms with Crippen molar-refractivity contribution in [1.29, 1.82) is 0 Å². The number of amidine groups is 1. The van der Waals surface area contributed by atoms with Gasteiger partial charge in [0.15, 0.2) is 6.61 Å². The van der Waals surface area contributed by atoms with Crippen molar-refractivity contribution in [2.45, 2.75) is 56.9 Å². The molecule has 5 N–H and O–H groups in total. The number of phenolic OH excluding ortho intramolecular Hbond substituents is 1. The molecule has 0 fully saturated rings. The smallest absolute Gasteiger partial charge is 0.422 e. The summed E-state index contributed by atoms with van der Waals surface area (Å²) in [5.74, 6) is -3.04. The first-order valence-electron chi connectivity index (χ1n) is 14.5. The highest BCUT2D eigenvalue weighted by Gasteiger charge is 2.32. The molecule has 2 rings (SSSR count). The Morgan fingerprint density at radius 2 is 1.57 bits per heavy atom. The highest BCUT2D eigenvalue weighted by molar-refractivity contribution is 7.84. The third-order valence-electron chi connectivity index (χ3n) is 6.68. The summed E-state index contributed by atoms with van der Waals surface area (Å²) in [5, 5.41) is 14.9. The van der Waals surface area contributed by atoms with E-state index >= 15 is 0 Å². The second kappa shape index (κ2) is 18.6. The van der Waals surface area contributed by atoms with E-state index in [1.807, 2.05) is 0 Å². The lowest BCUT2D eigenvalue weighted by Gasteiger charge is -2.27. The molecule has 258 valence electrons. The van der Waals surface area contributed by atoms with E-state index in [1.165, 1.54) is 32.4 Å². The van der Waals surface area contributed by atoms with Crippen molar-refractivity contribution >= 4 is 40.3 Å². The molecule has 0 saturated heterocycles. The fourth-order valence-corrected chi connectivity index (χ4v) is 4.88. The Morgan fingerprint density at radius 3 is 2.15 bits per heavy atom. The van der Waals surface area contributed by atoms with Gasteiger partial charge in [0.2, 0.25) is 17.7 Å². The Balaban J connectivity index is 2.26. The number of halogens is 3. The molecule has 0 bridgehead atoms. The number of amides is 3. The van der Waals surface area contributed by atoms with Crippen molar-refractivity contribution < 1.29 is 46.4 Å². The number of alkyl halides is 3. The van der Waals surface area contributed by atoms with Gasteiger partial charge in [-0.15, -0.1) is 0 Å². The molecule has 0 saturated carbocycles. The number of likely N-dealkylation sites (N-methyl/N-ethyl adjacent to an activating group) is 1. The highest BCUT2D eigenvalue weighted by atomic mass is 32.2. The van der Waals surface area contributed by atoms with E-state index in [4.69, 9.17) is 5.73 Å². The van der Waals surface area contributed by atoms with E-state index in [2.05, 4.69) is 20.4 Å². The minimum absolute atomic E-state index is 0.00872. The number of carbonyl (C=O) groups is 4. The Morgan fingerprint density at radius 1 is 0.979 bits per heavy atom. The molecule has 2 aromatic carbocycles. The molecule has 0 heterocycles. The number of benzene rings is 2. The first kappa shape index (κ1) is 38.7. The normalized spacial score (nSPS) is 14.3. The zero-order valence-corrected chi connectivity index (χ0v) is 27.1. The van der Waals surface area contributed by atoms with Crippen molar-refractivity contribution in [3.63, 3.8) is 0 Å². The maximum absolute atomic E-state index is 13.6. The Hall–Kier alpha value is -4.47. The largest absolute Gasteiger partial charge is 0.508 e. The van der Waals surface area contributed by atoms with Crippen LogP contribution in [0.25, 0.3) is 0 Å². The van der Waals surface area contributed by atoms with Crippen LogP contribution in [0.5, 0.6) is 5.75 Å². The quantitative estimate of drug-likeness (QED) is 0.110. The number of hydrogen-bond donors (Lipinski definition) is 4. The third-order valence-corrected chi connectivity index (χ3v) is 7.49. The molecule has 0 spiro atoms. The zero-order chi connectivity index (χ0) is 35.1. The van der Waals surface area contributed by atoms with Gasteiger partial charge in [0, 0.05) is 49.2 Å². The molecular weight excluding hydrogens is 643 g/mol. The van der Waals surface area contributed by atoms with E-state index in [1.54, 1.807) is 42.5 Å². The number of phenols is 1. The number of carbonyl (C=O) groups excluding carboxylic acids is 4. The highest BCUT2D eigenvalue weighted by Crippen LogP contribution is 2.16. The number of rotatable bonds is 17. The van der Waals surface area contributed by atoms with E-state index < -0.39 is 71.8 Å². The number of aromatic hydroxyl groups is 1. The molecule has 16 heteroatoms. The first-order chi connectivity index (χ1) is 22.0. The van der Waals surface area contributed by atoms with Crippen LogP contribution < -0.4 is 16.4 Å². The number of esters is 1. The molecule has 1 unspecified atom stereocenters. The van der Waals surface area contributed by atoms with Gasteiger partial charge in [0.05, 0.1) is 12.3 Å². The lowest BCUT2D eigenvalue weighted by Crippen LogP contribution is -2.56. The van der Waals surface area contributed by atoms with Crippen molar-refractivity contribution in [1.82, 2.24) is 15.5 Å². The Labute approximate surface area is 273 Å². The molecule has 47 heavy (non-hydrogen) atoms. The van der Waals surface area contributed by atoms with Crippen LogP contribution in [-0.2, 0) is 47.6 Å². The van der Waals surface area contributed by atoms with Gasteiger partial charge < -0.3 is 31.1 Å². The second-order valence-electron chi connectivity index (χ2n) is 10.8. The first-order valence-corrected chi connectivity index (χ1v) is 16.3. The van der Waals surface area contributed by atoms with E-state index in [-0.39, 0.29) is 43.1 Å². The molecule has 3 amide bonds. The van der Waals surface area contributed by atoms with Gasteiger partial charge in [0.25, 0.3) is 0 Å². The van der Waals surface area contributed by atoms with Gasteiger partial charge in [0.1, 0.15) is 23.9 Å². The minimum atomic E-state index is -4.69. The van der Waals surface area contributed by atoms with Crippen molar-refractivity contribution in [3.8, 4) is 5.75 Å². The lowest BCUT2D eigenvalue weighted by atomic mass is 10.0. The number of nitrogens with two attached hydrogens (primary N) is 1. The second-order valence-corrected chi connectivity index (χ2v) is 12.4. The van der Waals surface area contributed by atoms with E-state index in [9.17, 15) is 41.7 Å². The van der Waals surface area contributed by atoms with Crippen LogP contribution >= 0.6 is 0 Å². The summed E-state index contributed by atoms with van der Waals surface area (Å²) in [6, 6.07) is 11.3. The third kappa shape index (κ3) is 15.1. The van der Waals surface area contributed by atoms with Crippen LogP contribution in [0.4, 0.5) is 13.2 Å². The molecule has 12 nitrogen and oxygen atoms in total. The minimum Gasteiger partial charge on any atom is -0.508 e. The number of aliphatic imine (C=N–C) groups is 1. The fourth-order valence-electron chi connectivity index (χ4n) is 4.31. The zero-order valence-electron chi connectivity index (χ0n) is 26.3. The average Bonchev–Trinajstić information content (AvgIpc) is 3.00. The van der Waals surface area contributed by atoms with Gasteiger partial charge in [-0.25, -0.2) is 0 Å². The predicted molar refractivity (Wildman–Crippen MR) is 170 cm³/mol. The topological polar surface area (TPSA) is 180 Å². The summed E-state index contributed by atoms with van der Waals surface area (Å²) in [7, 11) is -0.0146. The molecule has 0 aromatic heterocycles. The number of nitrogens with one attached hydrogen (secondary N) is 2. The molecule has 2 aromatic rings. The number of hydrogen-bond acceptors (Lipinski definition) is 8. The summed E-state index contributed by atoms with van der Waals surface area (Å²) in [4.78, 5) is 57.6. The van der Waals surface area contributed by atoms with E-state index in [0.29, 0.717) is 11.1 Å². The average molecular weight is 684 g/mol. The summed E-state index contributed by atoms with van der Waals surface area (Å²) < 4.78 is 53.3. The molecule has 0 aliphatic rings. The van der Waals surface area contributed by atoms with Crippen molar-refractivity contribution in [2.24, 2.45) is 10.7 Å². The SMILES string of the molecule is CC(N)=N[C@@H](Cc1ccc(O)cc1)C(=O)N[C@H](CCS(C)=O)C(=O)N[C@@H](Cc1ccccc1)C(=O)N(C)CCC(=O)OCC(F)(F)F. The summed E-state index contributed by atoms with van der Waals surface area (Å²) in [6.45, 7) is -0.549. The number of nitrogens with zero attached hydrogens (tertiary/aromatic N) is 2. The van der Waals surface area contributed by atoms with Crippen LogP contribution in [0, 0.1) is 0 Å². The van der Waals surface area contributed by atoms with E-state index in [0.717, 1.165) is 4.90 Å². The lowest BCUT2D eigenvalue weighted by molar-refractivity contribution is -0.186. The monoisotopic (exact) mass is 683 g/mol. The van der Waals surface area contributed by atoms with Crippen LogP contribution in [0.15, 0.2) is 59.6 Å². The van der Waals surface area contributed by atoms with Crippen LogP contribution in [-0.4, -0.2) is 100 Å². The summed E-state index contributed by atoms with van der Waals surface area (Å²) in [6.07, 6.45) is -3.74. The predicted octanol–water partition coefficient (Wildman–Crippen LogP) is 1.62. The maximum atomic E-state index is 13.6. The standard InChI is InChI=1S/C31H40F3N5O7S/c1-20(35)36-25(17-22-9-11-23(40)12-10-22)29(43)37-24(14-16-47(3)45)28(42)38-26(18-21-7-5-4-6-8-21)30(44)39(2)15-13-27(41)46-19-31(32,33)34/h4-12,24-26,40H,13-19H2,1-3H3,(H2,35,36)(H,37,43)(H,38,42)/t24-,25+,26+,47?/m1/s1. The molecule has 0 radical (unpaired) electrons. The molecule has 0 aliphatic heterocycles. The van der Waals surface area contributed by atoms with Crippen LogP contribution in [0.3, 0.4) is 0 Å². The van der Waals surface area contributed by atoms with Gasteiger partial charge in [-0.1, -0.05) is 42.5 Å². The molecule has 4 atom stereocenters. The fraction of sp³-hybridized carbons (Fsp3) is 0.452. The Kier molecular flexibility index (Phi) is 15.3. The van der Waals surface area contributed by atoms with Crippen molar-refractivity contribution in [2.75, 3.05) is 32.2 Å². The van der Waals surface area contributed by atoms with Gasteiger partial charge in [-0.3, -0.25) is 28.4 Å². The summed E-state index contributed by atoms with van der Waals surface area (Å²) in [5.41, 5.74) is 7.09.